The molecule has 0 spiro atoms. The minimum Gasteiger partial charge on any atom is -0.302 e. The van der Waals surface area contributed by atoms with Crippen molar-refractivity contribution in [3.63, 3.8) is 0 Å². The van der Waals surface area contributed by atoms with Gasteiger partial charge < -0.3 is 5.32 Å². The molecule has 62 valence electrons. The summed E-state index contributed by atoms with van der Waals surface area (Å²) in [5.74, 6) is 2.23. The van der Waals surface area contributed by atoms with Crippen LogP contribution in [-0.2, 0) is 0 Å². The Balaban J connectivity index is 3.04. The van der Waals surface area contributed by atoms with Crippen LogP contribution < -0.4 is 5.32 Å². The van der Waals surface area contributed by atoms with Gasteiger partial charge in [0.1, 0.15) is 0 Å². The zero-order chi connectivity index (χ0) is 8.04. The van der Waals surface area contributed by atoms with Gasteiger partial charge in [0.05, 0.1) is 5.88 Å². The summed E-state index contributed by atoms with van der Waals surface area (Å²) in [4.78, 5) is 0. The number of rotatable bonds is 4. The maximum absolute atomic E-state index is 3.40. The molecule has 0 radical (unpaired) electrons. The van der Waals surface area contributed by atoms with Crippen LogP contribution in [0.1, 0.15) is 27.7 Å². The summed E-state index contributed by atoms with van der Waals surface area (Å²) in [5.41, 5.74) is 0.265. The van der Waals surface area contributed by atoms with Crippen LogP contribution >= 0.6 is 21.6 Å². The van der Waals surface area contributed by atoms with Gasteiger partial charge in [0, 0.05) is 11.3 Å². The van der Waals surface area contributed by atoms with Gasteiger partial charge >= 0.3 is 0 Å². The lowest BCUT2D eigenvalue weighted by atomic mass is 10.1. The number of hydrogen-bond donors (Lipinski definition) is 1. The fourth-order valence-electron chi connectivity index (χ4n) is 0.371. The Hall–Kier alpha value is 0.660. The topological polar surface area (TPSA) is 12.0 Å². The van der Waals surface area contributed by atoms with Crippen LogP contribution in [0, 0.1) is 0 Å². The van der Waals surface area contributed by atoms with Crippen molar-refractivity contribution in [2.75, 3.05) is 11.6 Å². The molecule has 1 N–H and O–H groups in total. The summed E-state index contributed by atoms with van der Waals surface area (Å²) in [7, 11) is 3.79. The van der Waals surface area contributed by atoms with E-state index < -0.39 is 0 Å². The highest BCUT2D eigenvalue weighted by Crippen LogP contribution is 2.19. The van der Waals surface area contributed by atoms with E-state index in [1.807, 2.05) is 21.6 Å². The second-order valence-corrected chi connectivity index (χ2v) is 5.85. The van der Waals surface area contributed by atoms with Gasteiger partial charge in [-0.1, -0.05) is 28.5 Å². The monoisotopic (exact) mass is 179 g/mol. The summed E-state index contributed by atoms with van der Waals surface area (Å²) in [6.45, 7) is 8.73. The first-order valence-electron chi connectivity index (χ1n) is 3.55. The van der Waals surface area contributed by atoms with E-state index in [0.717, 1.165) is 5.88 Å². The second kappa shape index (κ2) is 5.33. The summed E-state index contributed by atoms with van der Waals surface area (Å²) in [6.07, 6.45) is 0. The summed E-state index contributed by atoms with van der Waals surface area (Å²) in [6, 6.07) is 0. The Labute approximate surface area is 72.1 Å². The molecule has 0 bridgehead atoms. The molecule has 0 aliphatic carbocycles. The van der Waals surface area contributed by atoms with Crippen molar-refractivity contribution in [1.82, 2.24) is 5.32 Å². The Morgan fingerprint density at radius 2 is 1.80 bits per heavy atom. The normalized spacial score (nSPS) is 12.0. The first kappa shape index (κ1) is 10.7. The van der Waals surface area contributed by atoms with Crippen molar-refractivity contribution < 1.29 is 0 Å². The van der Waals surface area contributed by atoms with E-state index in [2.05, 4.69) is 33.0 Å². The predicted octanol–water partition coefficient (Wildman–Crippen LogP) is 2.73. The Bertz CT molecular complexity index is 78.2. The van der Waals surface area contributed by atoms with Crippen molar-refractivity contribution >= 4 is 21.6 Å². The number of nitrogens with one attached hydrogen (secondary N) is 1. The molecule has 0 amide bonds. The molecule has 10 heavy (non-hydrogen) atoms. The molecule has 0 aliphatic rings. The summed E-state index contributed by atoms with van der Waals surface area (Å²) in [5, 5.41) is 3.40. The van der Waals surface area contributed by atoms with Gasteiger partial charge in [-0.15, -0.1) is 0 Å². The highest BCUT2D eigenvalue weighted by atomic mass is 33.1. The van der Waals surface area contributed by atoms with E-state index in [0.29, 0.717) is 0 Å². The van der Waals surface area contributed by atoms with Gasteiger partial charge in [-0.25, -0.2) is 0 Å². The molecule has 0 aromatic carbocycles. The molecule has 0 heterocycles. The van der Waals surface area contributed by atoms with Crippen LogP contribution in [0.4, 0.5) is 0 Å². The van der Waals surface area contributed by atoms with Gasteiger partial charge in [-0.3, -0.25) is 0 Å². The molecule has 0 rings (SSSR count). The van der Waals surface area contributed by atoms with Crippen LogP contribution in [0.5, 0.6) is 0 Å². The van der Waals surface area contributed by atoms with E-state index in [4.69, 9.17) is 0 Å². The van der Waals surface area contributed by atoms with E-state index >= 15 is 0 Å². The van der Waals surface area contributed by atoms with Gasteiger partial charge in [0.2, 0.25) is 0 Å². The van der Waals surface area contributed by atoms with E-state index in [1.54, 1.807) is 0 Å². The second-order valence-electron chi connectivity index (χ2n) is 3.10. The van der Waals surface area contributed by atoms with Crippen molar-refractivity contribution in [3.05, 3.63) is 0 Å². The van der Waals surface area contributed by atoms with Crippen LogP contribution in [-0.4, -0.2) is 17.2 Å². The Morgan fingerprint density at radius 1 is 1.20 bits per heavy atom. The molecule has 0 aromatic heterocycles. The molecule has 1 nitrogen and oxygen atoms in total. The third-order valence-corrected chi connectivity index (χ3v) is 3.09. The molecule has 0 saturated heterocycles. The molecule has 0 aliphatic heterocycles. The first-order valence-corrected chi connectivity index (χ1v) is 6.04. The zero-order valence-corrected chi connectivity index (χ0v) is 8.86. The van der Waals surface area contributed by atoms with Crippen LogP contribution in [0.3, 0.4) is 0 Å². The summed E-state index contributed by atoms with van der Waals surface area (Å²) >= 11 is 0. The highest BCUT2D eigenvalue weighted by molar-refractivity contribution is 8.76. The third kappa shape index (κ3) is 8.66. The predicted molar refractivity (Wildman–Crippen MR) is 53.5 cm³/mol. The van der Waals surface area contributed by atoms with Crippen LogP contribution in [0.25, 0.3) is 0 Å². The summed E-state index contributed by atoms with van der Waals surface area (Å²) < 4.78 is 0. The largest absolute Gasteiger partial charge is 0.302 e. The lowest BCUT2D eigenvalue weighted by Crippen LogP contribution is -2.35. The van der Waals surface area contributed by atoms with Gasteiger partial charge in [0.15, 0.2) is 0 Å². The minimum atomic E-state index is 0.265. The van der Waals surface area contributed by atoms with E-state index in [9.17, 15) is 0 Å². The fourth-order valence-corrected chi connectivity index (χ4v) is 2.04. The maximum atomic E-state index is 3.40. The van der Waals surface area contributed by atoms with Gasteiger partial charge in [-0.2, -0.15) is 0 Å². The smallest absolute Gasteiger partial charge is 0.0527 e. The minimum absolute atomic E-state index is 0.265. The molecule has 0 atom stereocenters. The quantitative estimate of drug-likeness (QED) is 0.405. The SMILES string of the molecule is CCSSCNC(C)(C)C. The van der Waals surface area contributed by atoms with E-state index in [1.165, 1.54) is 5.75 Å². The van der Waals surface area contributed by atoms with Crippen molar-refractivity contribution in [2.45, 2.75) is 33.2 Å². The van der Waals surface area contributed by atoms with Crippen molar-refractivity contribution in [2.24, 2.45) is 0 Å². The van der Waals surface area contributed by atoms with Crippen LogP contribution in [0.2, 0.25) is 0 Å². The fraction of sp³-hybridized carbons (Fsp3) is 1.00. The first-order chi connectivity index (χ1) is 4.56. The molecular formula is C7H17NS2. The average Bonchev–Trinajstić information content (AvgIpc) is 1.78. The molecule has 0 saturated carbocycles. The maximum Gasteiger partial charge on any atom is 0.0527 e. The zero-order valence-electron chi connectivity index (χ0n) is 7.23. The van der Waals surface area contributed by atoms with E-state index in [-0.39, 0.29) is 5.54 Å². The molecule has 3 heteroatoms. The average molecular weight is 179 g/mol. The molecular weight excluding hydrogens is 162 g/mol. The van der Waals surface area contributed by atoms with Crippen molar-refractivity contribution in [3.8, 4) is 0 Å². The highest BCUT2D eigenvalue weighted by Gasteiger charge is 2.06. The Kier molecular flexibility index (Phi) is 5.68. The van der Waals surface area contributed by atoms with Crippen molar-refractivity contribution in [1.29, 1.82) is 0 Å². The Morgan fingerprint density at radius 3 is 2.20 bits per heavy atom. The van der Waals surface area contributed by atoms with Gasteiger partial charge in [0.25, 0.3) is 0 Å². The molecule has 0 aromatic rings. The molecule has 0 unspecified atom stereocenters. The standard InChI is InChI=1S/C7H17NS2/c1-5-9-10-6-8-7(2,3)4/h8H,5-6H2,1-4H3. The lowest BCUT2D eigenvalue weighted by molar-refractivity contribution is 0.462. The molecule has 0 fully saturated rings. The van der Waals surface area contributed by atoms with Crippen LogP contribution in [0.15, 0.2) is 0 Å². The van der Waals surface area contributed by atoms with Gasteiger partial charge in [-0.05, 0) is 20.8 Å². The lowest BCUT2D eigenvalue weighted by Gasteiger charge is -2.19. The number of hydrogen-bond acceptors (Lipinski definition) is 3. The third-order valence-electron chi connectivity index (χ3n) is 0.863.